The van der Waals surface area contributed by atoms with Crippen molar-refractivity contribution in [1.82, 2.24) is 0 Å². The number of ether oxygens (including phenoxy) is 1. The van der Waals surface area contributed by atoms with Gasteiger partial charge in [-0.1, -0.05) is 5.92 Å². The molecule has 1 saturated carbocycles. The van der Waals surface area contributed by atoms with Gasteiger partial charge in [-0.3, -0.25) is 0 Å². The van der Waals surface area contributed by atoms with Crippen LogP contribution in [0.5, 0.6) is 5.75 Å². The third kappa shape index (κ3) is 1.60. The maximum atomic E-state index is 5.56. The lowest BCUT2D eigenvalue weighted by atomic mass is 10.2. The number of rotatable bonds is 2. The van der Waals surface area contributed by atoms with Gasteiger partial charge in [0, 0.05) is 5.56 Å². The molecule has 1 aromatic carbocycles. The summed E-state index contributed by atoms with van der Waals surface area (Å²) in [5, 5.41) is 0. The first-order chi connectivity index (χ1) is 5.88. The Morgan fingerprint density at radius 1 is 1.25 bits per heavy atom. The largest absolute Gasteiger partial charge is 0.490 e. The Kier molecular flexibility index (Phi) is 1.75. The molecule has 0 radical (unpaired) electrons. The predicted molar refractivity (Wildman–Crippen MR) is 48.0 cm³/mol. The summed E-state index contributed by atoms with van der Waals surface area (Å²) in [6.45, 7) is 0. The highest BCUT2D eigenvalue weighted by atomic mass is 16.5. The van der Waals surface area contributed by atoms with E-state index in [1.165, 1.54) is 12.8 Å². The third-order valence-electron chi connectivity index (χ3n) is 1.85. The molecule has 60 valence electrons. The van der Waals surface area contributed by atoms with Crippen LogP contribution in [0.2, 0.25) is 0 Å². The Bertz CT molecular complexity index is 301. The highest BCUT2D eigenvalue weighted by Crippen LogP contribution is 2.26. The first-order valence-corrected chi connectivity index (χ1v) is 4.12. The molecule has 1 fully saturated rings. The minimum atomic E-state index is 0.460. The van der Waals surface area contributed by atoms with Crippen molar-refractivity contribution >= 4 is 0 Å². The van der Waals surface area contributed by atoms with Crippen LogP contribution in [-0.2, 0) is 0 Å². The van der Waals surface area contributed by atoms with Crippen LogP contribution in [0.15, 0.2) is 24.3 Å². The number of hydrogen-bond donors (Lipinski definition) is 0. The summed E-state index contributed by atoms with van der Waals surface area (Å²) in [6, 6.07) is 7.65. The van der Waals surface area contributed by atoms with E-state index in [0.29, 0.717) is 6.10 Å². The van der Waals surface area contributed by atoms with E-state index in [1.807, 2.05) is 24.3 Å². The van der Waals surface area contributed by atoms with Crippen LogP contribution >= 0.6 is 0 Å². The van der Waals surface area contributed by atoms with Gasteiger partial charge in [-0.15, -0.1) is 6.42 Å². The van der Waals surface area contributed by atoms with Gasteiger partial charge in [0.05, 0.1) is 6.10 Å². The Hall–Kier alpha value is -1.42. The van der Waals surface area contributed by atoms with Crippen molar-refractivity contribution in [3.8, 4) is 18.1 Å². The average Bonchev–Trinajstić information content (AvgIpc) is 2.90. The smallest absolute Gasteiger partial charge is 0.119 e. The second kappa shape index (κ2) is 2.91. The van der Waals surface area contributed by atoms with Gasteiger partial charge in [-0.2, -0.15) is 0 Å². The number of hydrogen-bond acceptors (Lipinski definition) is 1. The van der Waals surface area contributed by atoms with Gasteiger partial charge in [0.1, 0.15) is 5.75 Å². The maximum Gasteiger partial charge on any atom is 0.119 e. The predicted octanol–water partition coefficient (Wildman–Crippen LogP) is 2.21. The van der Waals surface area contributed by atoms with Crippen LogP contribution in [0.4, 0.5) is 0 Å². The molecule has 0 amide bonds. The lowest BCUT2D eigenvalue weighted by Gasteiger charge is -2.02. The van der Waals surface area contributed by atoms with Gasteiger partial charge < -0.3 is 4.74 Å². The summed E-state index contributed by atoms with van der Waals surface area (Å²) >= 11 is 0. The first kappa shape index (κ1) is 7.24. The van der Waals surface area contributed by atoms with E-state index >= 15 is 0 Å². The van der Waals surface area contributed by atoms with Crippen molar-refractivity contribution in [2.75, 3.05) is 0 Å². The third-order valence-corrected chi connectivity index (χ3v) is 1.85. The molecular weight excluding hydrogens is 148 g/mol. The quantitative estimate of drug-likeness (QED) is 0.599. The molecule has 0 heterocycles. The van der Waals surface area contributed by atoms with E-state index in [-0.39, 0.29) is 0 Å². The van der Waals surface area contributed by atoms with Crippen molar-refractivity contribution in [3.63, 3.8) is 0 Å². The molecule has 0 aromatic heterocycles. The van der Waals surface area contributed by atoms with Crippen LogP contribution in [0, 0.1) is 12.3 Å². The second-order valence-corrected chi connectivity index (χ2v) is 2.99. The van der Waals surface area contributed by atoms with Gasteiger partial charge in [0.15, 0.2) is 0 Å². The van der Waals surface area contributed by atoms with E-state index in [4.69, 9.17) is 11.2 Å². The summed E-state index contributed by atoms with van der Waals surface area (Å²) in [5.74, 6) is 3.49. The van der Waals surface area contributed by atoms with Crippen LogP contribution in [0.25, 0.3) is 0 Å². The monoisotopic (exact) mass is 158 g/mol. The molecule has 0 atom stereocenters. The maximum absolute atomic E-state index is 5.56. The van der Waals surface area contributed by atoms with Crippen LogP contribution < -0.4 is 4.74 Å². The Morgan fingerprint density at radius 2 is 1.92 bits per heavy atom. The summed E-state index contributed by atoms with van der Waals surface area (Å²) in [7, 11) is 0. The van der Waals surface area contributed by atoms with Crippen molar-refractivity contribution in [3.05, 3.63) is 29.8 Å². The lowest BCUT2D eigenvalue weighted by molar-refractivity contribution is 0.303. The average molecular weight is 158 g/mol. The van der Waals surface area contributed by atoms with E-state index in [0.717, 1.165) is 11.3 Å². The van der Waals surface area contributed by atoms with Crippen LogP contribution in [-0.4, -0.2) is 6.10 Å². The highest BCUT2D eigenvalue weighted by molar-refractivity contribution is 5.36. The fraction of sp³-hybridized carbons (Fsp3) is 0.273. The van der Waals surface area contributed by atoms with E-state index in [1.54, 1.807) is 0 Å². The highest BCUT2D eigenvalue weighted by Gasteiger charge is 2.23. The molecular formula is C11H10O. The fourth-order valence-corrected chi connectivity index (χ4v) is 1.01. The van der Waals surface area contributed by atoms with Crippen LogP contribution in [0.3, 0.4) is 0 Å². The normalized spacial score (nSPS) is 15.2. The summed E-state index contributed by atoms with van der Waals surface area (Å²) in [5.41, 5.74) is 0.901. The van der Waals surface area contributed by atoms with Crippen LogP contribution in [0.1, 0.15) is 18.4 Å². The Balaban J connectivity index is 2.08. The van der Waals surface area contributed by atoms with Gasteiger partial charge in [-0.25, -0.2) is 0 Å². The summed E-state index contributed by atoms with van der Waals surface area (Å²) < 4.78 is 5.56. The molecule has 1 aliphatic carbocycles. The van der Waals surface area contributed by atoms with E-state index < -0.39 is 0 Å². The zero-order valence-corrected chi connectivity index (χ0v) is 6.79. The number of benzene rings is 1. The van der Waals surface area contributed by atoms with Gasteiger partial charge in [-0.05, 0) is 37.1 Å². The molecule has 0 N–H and O–H groups in total. The molecule has 1 aromatic rings. The zero-order valence-electron chi connectivity index (χ0n) is 6.79. The minimum Gasteiger partial charge on any atom is -0.490 e. The van der Waals surface area contributed by atoms with Crippen molar-refractivity contribution < 1.29 is 4.74 Å². The van der Waals surface area contributed by atoms with Gasteiger partial charge in [0.2, 0.25) is 0 Å². The SMILES string of the molecule is C#Cc1ccc(OC2CC2)cc1. The molecule has 1 nitrogen and oxygen atoms in total. The summed E-state index contributed by atoms with van der Waals surface area (Å²) in [4.78, 5) is 0. The molecule has 1 heteroatoms. The fourth-order valence-electron chi connectivity index (χ4n) is 1.01. The molecule has 0 unspecified atom stereocenters. The molecule has 0 spiro atoms. The molecule has 0 aliphatic heterocycles. The zero-order chi connectivity index (χ0) is 8.39. The summed E-state index contributed by atoms with van der Waals surface area (Å²) in [6.07, 6.45) is 8.07. The van der Waals surface area contributed by atoms with E-state index in [2.05, 4.69) is 5.92 Å². The Morgan fingerprint density at radius 3 is 2.42 bits per heavy atom. The topological polar surface area (TPSA) is 9.23 Å². The minimum absolute atomic E-state index is 0.460. The molecule has 2 rings (SSSR count). The first-order valence-electron chi connectivity index (χ1n) is 4.12. The van der Waals surface area contributed by atoms with Gasteiger partial charge >= 0.3 is 0 Å². The number of terminal acetylenes is 1. The van der Waals surface area contributed by atoms with Gasteiger partial charge in [0.25, 0.3) is 0 Å². The molecule has 12 heavy (non-hydrogen) atoms. The van der Waals surface area contributed by atoms with Crippen molar-refractivity contribution in [2.45, 2.75) is 18.9 Å². The molecule has 0 bridgehead atoms. The molecule has 0 saturated heterocycles. The van der Waals surface area contributed by atoms with Crippen molar-refractivity contribution in [2.24, 2.45) is 0 Å². The molecule has 1 aliphatic rings. The van der Waals surface area contributed by atoms with E-state index in [9.17, 15) is 0 Å². The Labute approximate surface area is 72.4 Å². The lowest BCUT2D eigenvalue weighted by Crippen LogP contribution is -1.94. The van der Waals surface area contributed by atoms with Crippen molar-refractivity contribution in [1.29, 1.82) is 0 Å². The second-order valence-electron chi connectivity index (χ2n) is 2.99. The standard InChI is InChI=1S/C11H10O/c1-2-9-3-5-10(6-4-9)12-11-7-8-11/h1,3-6,11H,7-8H2.